The van der Waals surface area contributed by atoms with Crippen LogP contribution in [0.1, 0.15) is 33.1 Å². The third-order valence-electron chi connectivity index (χ3n) is 1.71. The van der Waals surface area contributed by atoms with Gasteiger partial charge in [0.1, 0.15) is 5.37 Å². The van der Waals surface area contributed by atoms with E-state index in [-0.39, 0.29) is 5.75 Å². The van der Waals surface area contributed by atoms with Gasteiger partial charge in [-0.1, -0.05) is 26.7 Å². The molecular weight excluding hydrogens is 162 g/mol. The minimum atomic E-state index is -2.99. The van der Waals surface area contributed by atoms with Crippen LogP contribution in [0.15, 0.2) is 0 Å². The molecule has 0 rings (SSSR count). The molecule has 68 valence electrons. The summed E-state index contributed by atoms with van der Waals surface area (Å²) in [4.78, 5) is 0. The minimum absolute atomic E-state index is 0.151. The molecule has 0 heterocycles. The summed E-state index contributed by atoms with van der Waals surface area (Å²) in [5.41, 5.74) is 5.46. The van der Waals surface area contributed by atoms with Crippen molar-refractivity contribution in [1.29, 1.82) is 0 Å². The number of rotatable bonds is 5. The Balaban J connectivity index is 3.93. The molecule has 0 spiro atoms. The molecule has 0 amide bonds. The Hall–Kier alpha value is -0.0900. The van der Waals surface area contributed by atoms with Crippen LogP contribution in [0.25, 0.3) is 0 Å². The van der Waals surface area contributed by atoms with Gasteiger partial charge < -0.3 is 5.73 Å². The van der Waals surface area contributed by atoms with Gasteiger partial charge in [-0.25, -0.2) is 8.42 Å². The van der Waals surface area contributed by atoms with Gasteiger partial charge in [-0.05, 0) is 6.42 Å². The number of sulfone groups is 1. The van der Waals surface area contributed by atoms with Crippen LogP contribution in [0.4, 0.5) is 0 Å². The summed E-state index contributed by atoms with van der Waals surface area (Å²) in [6.07, 6.45) is 2.47. The monoisotopic (exact) mass is 179 g/mol. The van der Waals surface area contributed by atoms with Crippen LogP contribution in [0, 0.1) is 0 Å². The van der Waals surface area contributed by atoms with Gasteiger partial charge in [0, 0.05) is 5.75 Å². The van der Waals surface area contributed by atoms with Crippen molar-refractivity contribution in [3.05, 3.63) is 0 Å². The quantitative estimate of drug-likeness (QED) is 0.682. The number of unbranched alkanes of at least 4 members (excludes halogenated alkanes) is 1. The van der Waals surface area contributed by atoms with Crippen LogP contribution in [0.3, 0.4) is 0 Å². The molecule has 0 bridgehead atoms. The van der Waals surface area contributed by atoms with E-state index in [1.807, 2.05) is 6.92 Å². The second kappa shape index (κ2) is 4.72. The molecule has 0 aliphatic rings. The second-order valence-corrected chi connectivity index (χ2v) is 5.14. The Morgan fingerprint density at radius 1 is 1.36 bits per heavy atom. The fraction of sp³-hybridized carbons (Fsp3) is 1.00. The van der Waals surface area contributed by atoms with E-state index in [2.05, 4.69) is 0 Å². The van der Waals surface area contributed by atoms with Crippen LogP contribution in [0.2, 0.25) is 0 Å². The predicted octanol–water partition coefficient (Wildman–Crippen LogP) is 0.896. The summed E-state index contributed by atoms with van der Waals surface area (Å²) in [5.74, 6) is 0.151. The smallest absolute Gasteiger partial charge is 0.165 e. The fourth-order valence-corrected chi connectivity index (χ4v) is 1.75. The molecule has 11 heavy (non-hydrogen) atoms. The van der Waals surface area contributed by atoms with E-state index >= 15 is 0 Å². The zero-order chi connectivity index (χ0) is 8.91. The fourth-order valence-electron chi connectivity index (χ4n) is 0.799. The van der Waals surface area contributed by atoms with Gasteiger partial charge in [-0.2, -0.15) is 0 Å². The third kappa shape index (κ3) is 3.72. The van der Waals surface area contributed by atoms with E-state index in [4.69, 9.17) is 5.73 Å². The molecule has 2 N–H and O–H groups in total. The first kappa shape index (κ1) is 10.9. The maximum atomic E-state index is 11.1. The first-order valence-electron chi connectivity index (χ1n) is 4.01. The molecule has 0 saturated heterocycles. The zero-order valence-electron chi connectivity index (χ0n) is 7.21. The van der Waals surface area contributed by atoms with E-state index in [1.54, 1.807) is 6.92 Å². The van der Waals surface area contributed by atoms with Crippen molar-refractivity contribution in [2.45, 2.75) is 38.5 Å². The maximum Gasteiger partial charge on any atom is 0.165 e. The van der Waals surface area contributed by atoms with E-state index in [1.165, 1.54) is 0 Å². The summed E-state index contributed by atoms with van der Waals surface area (Å²) < 4.78 is 22.2. The Morgan fingerprint density at radius 2 is 1.91 bits per heavy atom. The summed E-state index contributed by atoms with van der Waals surface area (Å²) >= 11 is 0. The molecule has 0 aliphatic carbocycles. The molecule has 1 atom stereocenters. The highest BCUT2D eigenvalue weighted by Gasteiger charge is 2.17. The van der Waals surface area contributed by atoms with Crippen molar-refractivity contribution in [1.82, 2.24) is 0 Å². The maximum absolute atomic E-state index is 11.1. The lowest BCUT2D eigenvalue weighted by atomic mass is 10.2. The van der Waals surface area contributed by atoms with Crippen molar-refractivity contribution in [2.75, 3.05) is 5.75 Å². The highest BCUT2D eigenvalue weighted by atomic mass is 32.2. The van der Waals surface area contributed by atoms with E-state index in [0.29, 0.717) is 6.42 Å². The molecule has 0 aromatic rings. The normalized spacial score (nSPS) is 14.8. The van der Waals surface area contributed by atoms with E-state index in [0.717, 1.165) is 12.8 Å². The van der Waals surface area contributed by atoms with Crippen molar-refractivity contribution in [2.24, 2.45) is 5.73 Å². The number of hydrogen-bond donors (Lipinski definition) is 1. The summed E-state index contributed by atoms with van der Waals surface area (Å²) in [6.45, 7) is 3.65. The second-order valence-electron chi connectivity index (χ2n) is 2.63. The molecule has 0 aliphatic heterocycles. The zero-order valence-corrected chi connectivity index (χ0v) is 8.02. The molecule has 0 saturated carbocycles. The van der Waals surface area contributed by atoms with Crippen LogP contribution < -0.4 is 5.73 Å². The summed E-state index contributed by atoms with van der Waals surface area (Å²) in [6, 6.07) is 0. The molecule has 3 nitrogen and oxygen atoms in total. The van der Waals surface area contributed by atoms with Crippen LogP contribution in [-0.2, 0) is 9.84 Å². The molecular formula is C7H17NO2S. The lowest BCUT2D eigenvalue weighted by molar-refractivity contribution is 0.568. The molecule has 4 heteroatoms. The highest BCUT2D eigenvalue weighted by molar-refractivity contribution is 7.91. The van der Waals surface area contributed by atoms with Crippen molar-refractivity contribution in [3.63, 3.8) is 0 Å². The van der Waals surface area contributed by atoms with E-state index in [9.17, 15) is 8.42 Å². The Morgan fingerprint density at radius 3 is 2.27 bits per heavy atom. The predicted molar refractivity (Wildman–Crippen MR) is 47.0 cm³/mol. The summed E-state index contributed by atoms with van der Waals surface area (Å²) in [5, 5.41) is -0.646. The minimum Gasteiger partial charge on any atom is -0.315 e. The largest absolute Gasteiger partial charge is 0.315 e. The van der Waals surface area contributed by atoms with Gasteiger partial charge in [0.15, 0.2) is 9.84 Å². The van der Waals surface area contributed by atoms with Crippen molar-refractivity contribution in [3.8, 4) is 0 Å². The Labute approximate surface area is 68.9 Å². The van der Waals surface area contributed by atoms with Gasteiger partial charge in [-0.3, -0.25) is 0 Å². The van der Waals surface area contributed by atoms with Gasteiger partial charge >= 0.3 is 0 Å². The van der Waals surface area contributed by atoms with Gasteiger partial charge in [0.25, 0.3) is 0 Å². The van der Waals surface area contributed by atoms with Crippen LogP contribution in [-0.4, -0.2) is 19.5 Å². The third-order valence-corrected chi connectivity index (χ3v) is 3.67. The first-order chi connectivity index (χ1) is 5.04. The van der Waals surface area contributed by atoms with Crippen LogP contribution >= 0.6 is 0 Å². The van der Waals surface area contributed by atoms with Crippen molar-refractivity contribution >= 4 is 9.84 Å². The summed E-state index contributed by atoms with van der Waals surface area (Å²) in [7, 11) is -2.99. The standard InChI is InChI=1S/C7H17NO2S/c1-3-5-6-7(8)11(9,10)4-2/h7H,3-6,8H2,1-2H3. The molecule has 0 fully saturated rings. The highest BCUT2D eigenvalue weighted by Crippen LogP contribution is 2.05. The lowest BCUT2D eigenvalue weighted by Gasteiger charge is -2.09. The van der Waals surface area contributed by atoms with Crippen LogP contribution in [0.5, 0.6) is 0 Å². The molecule has 1 unspecified atom stereocenters. The molecule has 0 radical (unpaired) electrons. The van der Waals surface area contributed by atoms with E-state index < -0.39 is 15.2 Å². The van der Waals surface area contributed by atoms with Gasteiger partial charge in [0.2, 0.25) is 0 Å². The van der Waals surface area contributed by atoms with Crippen molar-refractivity contribution < 1.29 is 8.42 Å². The first-order valence-corrected chi connectivity index (χ1v) is 5.73. The van der Waals surface area contributed by atoms with Gasteiger partial charge in [-0.15, -0.1) is 0 Å². The van der Waals surface area contributed by atoms with Gasteiger partial charge in [0.05, 0.1) is 0 Å². The molecule has 0 aromatic heterocycles. The Bertz CT molecular complexity index is 187. The number of nitrogens with two attached hydrogens (primary N) is 1. The SMILES string of the molecule is CCCCC(N)S(=O)(=O)CC. The Kier molecular flexibility index (Phi) is 4.68. The number of hydrogen-bond acceptors (Lipinski definition) is 3. The average Bonchev–Trinajstić information content (AvgIpc) is 2.00. The average molecular weight is 179 g/mol. The molecule has 0 aromatic carbocycles. The lowest BCUT2D eigenvalue weighted by Crippen LogP contribution is -2.31. The topological polar surface area (TPSA) is 60.2 Å².